The van der Waals surface area contributed by atoms with Crippen molar-refractivity contribution < 1.29 is 9.90 Å². The molecule has 0 aliphatic carbocycles. The zero-order chi connectivity index (χ0) is 15.6. The number of aliphatic carboxylic acids is 1. The average Bonchev–Trinajstić information content (AvgIpc) is 2.50. The maximum Gasteiger partial charge on any atom is 0.303 e. The summed E-state index contributed by atoms with van der Waals surface area (Å²) in [4.78, 5) is 10.7. The van der Waals surface area contributed by atoms with Crippen LogP contribution in [-0.2, 0) is 4.79 Å². The molecule has 0 aliphatic heterocycles. The van der Waals surface area contributed by atoms with Crippen LogP contribution in [0.3, 0.4) is 0 Å². The summed E-state index contributed by atoms with van der Waals surface area (Å²) >= 11 is 0. The third-order valence-electron chi connectivity index (χ3n) is 2.72. The predicted molar refractivity (Wildman–Crippen MR) is 86.8 cm³/mol. The Morgan fingerprint density at radius 1 is 0.900 bits per heavy atom. The van der Waals surface area contributed by atoms with E-state index in [0.29, 0.717) is 6.42 Å². The first-order valence-electron chi connectivity index (χ1n) is 7.98. The molecule has 0 amide bonds. The normalized spacial score (nSPS) is 12.9. The van der Waals surface area contributed by atoms with Gasteiger partial charge in [0.2, 0.25) is 0 Å². The molecule has 2 heteroatoms. The molecular weight excluding hydrogens is 248 g/mol. The average molecular weight is 277 g/mol. The van der Waals surface area contributed by atoms with Gasteiger partial charge in [-0.1, -0.05) is 55.5 Å². The smallest absolute Gasteiger partial charge is 0.303 e. The molecule has 0 saturated heterocycles. The van der Waals surface area contributed by atoms with Gasteiger partial charge in [0.15, 0.2) is 0 Å². The third kappa shape index (κ3) is 16.4. The summed E-state index contributed by atoms with van der Waals surface area (Å²) in [6.07, 6.45) is 24.5. The highest BCUT2D eigenvalue weighted by Crippen LogP contribution is 2.01. The Kier molecular flexibility index (Phi) is 12.8. The van der Waals surface area contributed by atoms with Crippen molar-refractivity contribution in [2.24, 2.45) is 0 Å². The van der Waals surface area contributed by atoms with E-state index >= 15 is 0 Å². The Labute approximate surface area is 125 Å². The number of carboxylic acids is 1. The van der Waals surface area contributed by atoms with Crippen molar-refractivity contribution in [2.45, 2.75) is 58.3 Å². The lowest BCUT2D eigenvalue weighted by Crippen LogP contribution is -1.92. The lowest BCUT2D eigenvalue weighted by Gasteiger charge is -1.92. The molecule has 0 bridgehead atoms. The maximum absolute atomic E-state index is 10.7. The number of hydrogen-bond acceptors (Lipinski definition) is 2. The molecule has 0 spiro atoms. The van der Waals surface area contributed by atoms with Crippen LogP contribution >= 0.6 is 0 Å². The molecule has 112 valence electrons. The van der Waals surface area contributed by atoms with Crippen LogP contribution in [-0.4, -0.2) is 11.1 Å². The van der Waals surface area contributed by atoms with E-state index in [9.17, 15) is 4.79 Å². The van der Waals surface area contributed by atoms with Gasteiger partial charge >= 0.3 is 5.97 Å². The summed E-state index contributed by atoms with van der Waals surface area (Å²) in [6.45, 7) is 2.14. The van der Waals surface area contributed by atoms with Crippen molar-refractivity contribution in [3.8, 4) is 0 Å². The van der Waals surface area contributed by atoms with Crippen molar-refractivity contribution in [1.82, 2.24) is 0 Å². The number of hydrogen-bond donors (Lipinski definition) is 1. The second-order valence-corrected chi connectivity index (χ2v) is 4.62. The van der Waals surface area contributed by atoms with Crippen LogP contribution in [0.4, 0.5) is 0 Å². The van der Waals surface area contributed by atoms with Gasteiger partial charge in [-0.15, -0.1) is 0 Å². The van der Waals surface area contributed by atoms with Crippen LogP contribution < -0.4 is 0 Å². The largest absolute Gasteiger partial charge is 0.481 e. The van der Waals surface area contributed by atoms with Crippen LogP contribution in [0.5, 0.6) is 0 Å². The van der Waals surface area contributed by atoms with E-state index in [2.05, 4.69) is 60.6 Å². The van der Waals surface area contributed by atoms with E-state index in [1.807, 2.05) is 0 Å². The number of carboxylic acid groups (broad SMARTS) is 1. The van der Waals surface area contributed by atoms with Crippen LogP contribution in [0, 0.1) is 0 Å². The van der Waals surface area contributed by atoms with Gasteiger partial charge in [0.05, 0.1) is 0 Å². The van der Waals surface area contributed by atoms with Crippen molar-refractivity contribution >= 4 is 5.97 Å². The quantitative estimate of drug-likeness (QED) is 0.381. The van der Waals surface area contributed by atoms with Gasteiger partial charge in [0, 0.05) is 6.42 Å². The molecule has 20 heavy (non-hydrogen) atoms. The van der Waals surface area contributed by atoms with Gasteiger partial charge in [-0.2, -0.15) is 0 Å². The van der Waals surface area contributed by atoms with E-state index < -0.39 is 5.97 Å². The second-order valence-electron chi connectivity index (χ2n) is 4.62. The summed E-state index contributed by atoms with van der Waals surface area (Å²) in [7, 11) is 0. The topological polar surface area (TPSA) is 37.3 Å². The Bertz CT molecular complexity index is 354. The van der Waals surface area contributed by atoms with Crippen molar-refractivity contribution in [3.63, 3.8) is 0 Å². The number of rotatable bonds is 12. The standard InChI is InChI=1S/C18H28O2/c1-2-3-4-5-6-7-8-9-10-11-12-13-14-15-16-17-18(19)20/h3-4,6-7,9-10,12-13H,2,5,8,11,14-17H2,1H3,(H,19,20)/b4-3-,7-6-,10-9-,13-12-/i/hD. The molecule has 0 aromatic heterocycles. The van der Waals surface area contributed by atoms with E-state index in [0.717, 1.165) is 44.9 Å². The Morgan fingerprint density at radius 2 is 1.45 bits per heavy atom. The summed E-state index contributed by atoms with van der Waals surface area (Å²) < 4.78 is 6.41. The molecular formula is C18H28O2. The summed E-state index contributed by atoms with van der Waals surface area (Å²) in [5.74, 6) is -0.444. The predicted octanol–water partition coefficient (Wildman–Crippen LogP) is 5.44. The van der Waals surface area contributed by atoms with E-state index in [1.165, 1.54) is 0 Å². The zero-order valence-electron chi connectivity index (χ0n) is 13.6. The number of unbranched alkanes of at least 4 members (excludes halogenated alkanes) is 2. The molecule has 0 unspecified atom stereocenters. The fourth-order valence-electron chi connectivity index (χ4n) is 1.63. The lowest BCUT2D eigenvalue weighted by molar-refractivity contribution is -0.137. The van der Waals surface area contributed by atoms with Gasteiger partial charge in [-0.3, -0.25) is 4.79 Å². The minimum absolute atomic E-state index is 0.344. The zero-order valence-corrected chi connectivity index (χ0v) is 12.6. The van der Waals surface area contributed by atoms with Crippen LogP contribution in [0.1, 0.15) is 58.3 Å². The van der Waals surface area contributed by atoms with Crippen molar-refractivity contribution in [2.75, 3.05) is 0 Å². The molecule has 0 rings (SSSR count). The highest BCUT2D eigenvalue weighted by atomic mass is 16.4. The Hall–Kier alpha value is -1.57. The van der Waals surface area contributed by atoms with E-state index in [1.54, 1.807) is 0 Å². The lowest BCUT2D eigenvalue weighted by atomic mass is 10.2. The minimum atomic E-state index is -0.444. The SMILES string of the molecule is [2H]OC(=O)CCCC/C=C\C/C=C\C/C=C\C/C=C\CC. The van der Waals surface area contributed by atoms with Crippen LogP contribution in [0.2, 0.25) is 0 Å². The van der Waals surface area contributed by atoms with Gasteiger partial charge < -0.3 is 5.11 Å². The van der Waals surface area contributed by atoms with Gasteiger partial charge in [0.1, 0.15) is 0 Å². The van der Waals surface area contributed by atoms with Crippen molar-refractivity contribution in [1.29, 1.82) is 1.43 Å². The monoisotopic (exact) mass is 277 g/mol. The molecule has 0 aromatic carbocycles. The van der Waals surface area contributed by atoms with Crippen LogP contribution in [0.15, 0.2) is 48.6 Å². The third-order valence-corrected chi connectivity index (χ3v) is 2.72. The Morgan fingerprint density at radius 3 is 2.00 bits per heavy atom. The first-order chi connectivity index (χ1) is 10.3. The van der Waals surface area contributed by atoms with E-state index in [-0.39, 0.29) is 0 Å². The molecule has 0 atom stereocenters. The number of carbonyl (C=O) groups is 1. The van der Waals surface area contributed by atoms with Crippen LogP contribution in [0.25, 0.3) is 1.43 Å². The van der Waals surface area contributed by atoms with Gasteiger partial charge in [0.25, 0.3) is 1.43 Å². The molecule has 0 heterocycles. The molecule has 0 aromatic rings. The highest BCUT2D eigenvalue weighted by Gasteiger charge is 1.93. The van der Waals surface area contributed by atoms with Gasteiger partial charge in [-0.25, -0.2) is 0 Å². The first kappa shape index (κ1) is 16.5. The fourth-order valence-corrected chi connectivity index (χ4v) is 1.63. The summed E-state index contributed by atoms with van der Waals surface area (Å²) in [5, 5.41) is 3.84. The summed E-state index contributed by atoms with van der Waals surface area (Å²) in [6, 6.07) is 0. The fraction of sp³-hybridized carbons (Fsp3) is 0.500. The first-order valence-corrected chi connectivity index (χ1v) is 7.57. The summed E-state index contributed by atoms with van der Waals surface area (Å²) in [5.41, 5.74) is 0. The maximum atomic E-state index is 10.7. The molecule has 0 fully saturated rings. The minimum Gasteiger partial charge on any atom is -0.481 e. The van der Waals surface area contributed by atoms with E-state index in [4.69, 9.17) is 1.43 Å². The molecule has 0 radical (unpaired) electrons. The Balaban J connectivity index is 3.40. The van der Waals surface area contributed by atoms with Gasteiger partial charge in [-0.05, 0) is 44.9 Å². The molecule has 1 N–H and O–H groups in total. The second kappa shape index (κ2) is 15.5. The molecule has 2 nitrogen and oxygen atoms in total. The molecule has 0 saturated carbocycles. The molecule has 0 aliphatic rings. The van der Waals surface area contributed by atoms with Crippen molar-refractivity contribution in [3.05, 3.63) is 48.6 Å². The highest BCUT2D eigenvalue weighted by molar-refractivity contribution is 5.66. The number of allylic oxidation sites excluding steroid dienone is 8.